The van der Waals surface area contributed by atoms with E-state index in [0.29, 0.717) is 5.69 Å². The second kappa shape index (κ2) is 5.65. The van der Waals surface area contributed by atoms with E-state index in [1.165, 1.54) is 0 Å². The van der Waals surface area contributed by atoms with Gasteiger partial charge in [0, 0.05) is 18.4 Å². The maximum Gasteiger partial charge on any atom is 0.264 e. The van der Waals surface area contributed by atoms with E-state index in [2.05, 4.69) is 14.8 Å². The van der Waals surface area contributed by atoms with Gasteiger partial charge in [-0.1, -0.05) is 6.07 Å². The summed E-state index contributed by atoms with van der Waals surface area (Å²) in [6.07, 6.45) is 0.891. The second-order valence-corrected chi connectivity index (χ2v) is 4.99. The van der Waals surface area contributed by atoms with Crippen molar-refractivity contribution >= 4 is 27.4 Å². The lowest BCUT2D eigenvalue weighted by molar-refractivity contribution is -0.118. The quantitative estimate of drug-likeness (QED) is 0.757. The monoisotopic (exact) mass is 258 g/mol. The largest absolute Gasteiger partial charge is 0.388 e. The van der Waals surface area contributed by atoms with Crippen LogP contribution in [0, 0.1) is 0 Å². The fraction of sp³-hybridized carbons (Fsp3) is 0.300. The average Bonchev–Trinajstić information content (AvgIpc) is 2.26. The number of hydrogen-bond donors (Lipinski definition) is 2. The van der Waals surface area contributed by atoms with Crippen LogP contribution in [-0.2, 0) is 19.1 Å². The molecule has 0 atom stereocenters. The van der Waals surface area contributed by atoms with E-state index in [1.807, 2.05) is 6.07 Å². The molecule has 0 aliphatic carbocycles. The molecular weight excluding hydrogens is 244 g/mol. The average molecular weight is 258 g/mol. The molecule has 1 aromatic carbocycles. The Morgan fingerprint density at radius 2 is 2.00 bits per heavy atom. The Morgan fingerprint density at radius 3 is 2.59 bits per heavy atom. The van der Waals surface area contributed by atoms with Gasteiger partial charge < -0.3 is 10.6 Å². The Bertz CT molecular complexity index is 499. The molecule has 0 fully saturated rings. The smallest absolute Gasteiger partial charge is 0.264 e. The Morgan fingerprint density at radius 1 is 1.35 bits per heavy atom. The van der Waals surface area contributed by atoms with E-state index >= 15 is 0 Å². The number of hydrogen-bond acceptors (Lipinski definition) is 5. The molecule has 1 aromatic rings. The third kappa shape index (κ3) is 5.32. The lowest BCUT2D eigenvalue weighted by Crippen LogP contribution is -2.20. The molecule has 1 amide bonds. The van der Waals surface area contributed by atoms with Crippen molar-refractivity contribution in [2.24, 2.45) is 0 Å². The molecule has 0 bridgehead atoms. The molecule has 0 heterocycles. The summed E-state index contributed by atoms with van der Waals surface area (Å²) in [6, 6.07) is 7.01. The van der Waals surface area contributed by atoms with Crippen LogP contribution in [0.3, 0.4) is 0 Å². The summed E-state index contributed by atoms with van der Waals surface area (Å²) in [5.41, 5.74) is 1.41. The third-order valence-corrected chi connectivity index (χ3v) is 2.39. The second-order valence-electron chi connectivity index (χ2n) is 3.35. The predicted octanol–water partition coefficient (Wildman–Crippen LogP) is 0.643. The molecule has 0 spiro atoms. The van der Waals surface area contributed by atoms with Crippen molar-refractivity contribution in [1.29, 1.82) is 0 Å². The minimum Gasteiger partial charge on any atom is -0.388 e. The van der Waals surface area contributed by atoms with Gasteiger partial charge in [-0.15, -0.1) is 0 Å². The van der Waals surface area contributed by atoms with Crippen LogP contribution in [0.15, 0.2) is 24.3 Å². The van der Waals surface area contributed by atoms with Crippen molar-refractivity contribution in [3.8, 4) is 0 Å². The van der Waals surface area contributed by atoms with Crippen molar-refractivity contribution in [2.45, 2.75) is 0 Å². The minimum atomic E-state index is -3.60. The Hall–Kier alpha value is -1.60. The van der Waals surface area contributed by atoms with Crippen LogP contribution >= 0.6 is 0 Å². The Kier molecular flexibility index (Phi) is 4.47. The van der Waals surface area contributed by atoms with Gasteiger partial charge in [-0.3, -0.25) is 8.98 Å². The molecule has 0 saturated carbocycles. The van der Waals surface area contributed by atoms with Crippen LogP contribution in [0.1, 0.15) is 0 Å². The maximum absolute atomic E-state index is 11.3. The zero-order valence-electron chi connectivity index (χ0n) is 9.56. The first-order valence-corrected chi connectivity index (χ1v) is 6.64. The van der Waals surface area contributed by atoms with Crippen molar-refractivity contribution in [3.05, 3.63) is 24.3 Å². The zero-order chi connectivity index (χ0) is 12.9. The molecule has 2 N–H and O–H groups in total. The van der Waals surface area contributed by atoms with E-state index in [-0.39, 0.29) is 0 Å². The third-order valence-electron chi connectivity index (χ3n) is 1.84. The first-order valence-electron chi connectivity index (χ1n) is 4.83. The summed E-state index contributed by atoms with van der Waals surface area (Å²) in [4.78, 5) is 11.3. The first-order chi connectivity index (χ1) is 7.90. The van der Waals surface area contributed by atoms with Gasteiger partial charge in [0.15, 0.2) is 0 Å². The molecule has 0 aliphatic rings. The number of amides is 1. The predicted molar refractivity (Wildman–Crippen MR) is 65.4 cm³/mol. The summed E-state index contributed by atoms with van der Waals surface area (Å²) < 4.78 is 25.7. The van der Waals surface area contributed by atoms with Crippen LogP contribution in [0.2, 0.25) is 0 Å². The van der Waals surface area contributed by atoms with Gasteiger partial charge in [0.2, 0.25) is 0 Å². The number of carbonyl (C=O) groups excluding carboxylic acids is 1. The Balaban J connectivity index is 2.56. The SMILES string of the molecule is CNc1cccc(NC(=O)COS(C)(=O)=O)c1. The van der Waals surface area contributed by atoms with Gasteiger partial charge in [0.25, 0.3) is 16.0 Å². The normalized spacial score (nSPS) is 10.9. The van der Waals surface area contributed by atoms with Gasteiger partial charge in [0.1, 0.15) is 6.61 Å². The number of carbonyl (C=O) groups is 1. The van der Waals surface area contributed by atoms with Gasteiger partial charge in [0.05, 0.1) is 6.26 Å². The van der Waals surface area contributed by atoms with Gasteiger partial charge in [-0.25, -0.2) is 0 Å². The van der Waals surface area contributed by atoms with E-state index in [4.69, 9.17) is 0 Å². The summed E-state index contributed by atoms with van der Waals surface area (Å²) in [5, 5.41) is 5.44. The van der Waals surface area contributed by atoms with Gasteiger partial charge in [-0.2, -0.15) is 8.42 Å². The highest BCUT2D eigenvalue weighted by atomic mass is 32.2. The lowest BCUT2D eigenvalue weighted by Gasteiger charge is -2.06. The van der Waals surface area contributed by atoms with Crippen LogP contribution < -0.4 is 10.6 Å². The highest BCUT2D eigenvalue weighted by Crippen LogP contribution is 2.14. The van der Waals surface area contributed by atoms with Crippen molar-refractivity contribution in [1.82, 2.24) is 0 Å². The number of nitrogens with one attached hydrogen (secondary N) is 2. The maximum atomic E-state index is 11.3. The number of anilines is 2. The Labute approximate surface area is 100 Å². The first kappa shape index (κ1) is 13.5. The van der Waals surface area contributed by atoms with Gasteiger partial charge in [-0.05, 0) is 18.2 Å². The fourth-order valence-electron chi connectivity index (χ4n) is 1.11. The molecule has 6 nitrogen and oxygen atoms in total. The molecule has 0 saturated heterocycles. The molecular formula is C10H14N2O4S. The lowest BCUT2D eigenvalue weighted by atomic mass is 10.3. The van der Waals surface area contributed by atoms with E-state index < -0.39 is 22.6 Å². The highest BCUT2D eigenvalue weighted by molar-refractivity contribution is 7.86. The van der Waals surface area contributed by atoms with E-state index in [0.717, 1.165) is 11.9 Å². The number of benzene rings is 1. The molecule has 0 radical (unpaired) electrons. The molecule has 1 rings (SSSR count). The van der Waals surface area contributed by atoms with Crippen LogP contribution in [0.5, 0.6) is 0 Å². The topological polar surface area (TPSA) is 84.5 Å². The van der Waals surface area contributed by atoms with Crippen molar-refractivity contribution in [2.75, 3.05) is 30.5 Å². The van der Waals surface area contributed by atoms with Crippen LogP contribution in [0.25, 0.3) is 0 Å². The van der Waals surface area contributed by atoms with Gasteiger partial charge >= 0.3 is 0 Å². The highest BCUT2D eigenvalue weighted by Gasteiger charge is 2.08. The van der Waals surface area contributed by atoms with Crippen molar-refractivity contribution < 1.29 is 17.4 Å². The summed E-state index contributed by atoms with van der Waals surface area (Å²) in [5.74, 6) is -0.524. The molecule has 7 heteroatoms. The minimum absolute atomic E-state index is 0.524. The summed E-state index contributed by atoms with van der Waals surface area (Å²) >= 11 is 0. The van der Waals surface area contributed by atoms with E-state index in [1.54, 1.807) is 25.2 Å². The molecule has 0 aliphatic heterocycles. The van der Waals surface area contributed by atoms with Crippen molar-refractivity contribution in [3.63, 3.8) is 0 Å². The molecule has 17 heavy (non-hydrogen) atoms. The van der Waals surface area contributed by atoms with Crippen LogP contribution in [0.4, 0.5) is 11.4 Å². The molecule has 0 aromatic heterocycles. The fourth-order valence-corrected chi connectivity index (χ4v) is 1.43. The zero-order valence-corrected chi connectivity index (χ0v) is 10.4. The summed E-state index contributed by atoms with van der Waals surface area (Å²) in [6.45, 7) is -0.525. The molecule has 94 valence electrons. The van der Waals surface area contributed by atoms with E-state index in [9.17, 15) is 13.2 Å². The summed E-state index contributed by atoms with van der Waals surface area (Å²) in [7, 11) is -1.84. The standard InChI is InChI=1S/C10H14N2O4S/c1-11-8-4-3-5-9(6-8)12-10(13)7-16-17(2,14)15/h3-6,11H,7H2,1-2H3,(H,12,13). The molecule has 0 unspecified atom stereocenters. The number of rotatable bonds is 5. The van der Waals surface area contributed by atoms with Crippen LogP contribution in [-0.4, -0.2) is 34.2 Å².